The molecule has 2 aromatic rings. The monoisotopic (exact) mass is 278 g/mol. The molecule has 0 aliphatic heterocycles. The summed E-state index contributed by atoms with van der Waals surface area (Å²) in [5.74, 6) is -0.107. The van der Waals surface area contributed by atoms with Crippen molar-refractivity contribution in [2.75, 3.05) is 16.4 Å². The van der Waals surface area contributed by atoms with Gasteiger partial charge < -0.3 is 16.4 Å². The fourth-order valence-electron chi connectivity index (χ4n) is 1.35. The van der Waals surface area contributed by atoms with Gasteiger partial charge in [0.25, 0.3) is 5.91 Å². The zero-order chi connectivity index (χ0) is 13.8. The van der Waals surface area contributed by atoms with E-state index < -0.39 is 0 Å². The molecular weight excluding hydrogens is 264 g/mol. The Labute approximate surface area is 114 Å². The summed E-state index contributed by atoms with van der Waals surface area (Å²) in [6, 6.07) is 0.226. The Kier molecular flexibility index (Phi) is 3.91. The molecule has 0 aliphatic carbocycles. The lowest BCUT2D eigenvalue weighted by Crippen LogP contribution is -2.12. The highest BCUT2D eigenvalue weighted by molar-refractivity contribution is 7.18. The number of nitrogens with two attached hydrogens (primary N) is 1. The quantitative estimate of drug-likeness (QED) is 0.784. The van der Waals surface area contributed by atoms with Crippen LogP contribution in [-0.2, 0) is 0 Å². The number of carbonyl (C=O) groups excluding carboxylic acids is 1. The lowest BCUT2D eigenvalue weighted by molar-refractivity contribution is 0.103. The van der Waals surface area contributed by atoms with E-state index in [1.54, 1.807) is 0 Å². The number of aromatic nitrogens is 3. The van der Waals surface area contributed by atoms with E-state index in [2.05, 4.69) is 25.6 Å². The van der Waals surface area contributed by atoms with Crippen LogP contribution >= 0.6 is 11.3 Å². The number of thiazole rings is 1. The molecule has 1 amide bonds. The zero-order valence-electron chi connectivity index (χ0n) is 10.5. The van der Waals surface area contributed by atoms with Crippen molar-refractivity contribution in [1.29, 1.82) is 0 Å². The van der Waals surface area contributed by atoms with Crippen molar-refractivity contribution in [1.82, 2.24) is 15.0 Å². The molecule has 8 heteroatoms. The Morgan fingerprint density at radius 3 is 2.68 bits per heavy atom. The van der Waals surface area contributed by atoms with E-state index in [0.29, 0.717) is 15.7 Å². The van der Waals surface area contributed by atoms with Crippen LogP contribution in [0.3, 0.4) is 0 Å². The molecule has 100 valence electrons. The molecule has 0 atom stereocenters. The van der Waals surface area contributed by atoms with Gasteiger partial charge in [0, 0.05) is 6.04 Å². The van der Waals surface area contributed by atoms with Crippen molar-refractivity contribution in [3.63, 3.8) is 0 Å². The van der Waals surface area contributed by atoms with Crippen molar-refractivity contribution in [2.24, 2.45) is 0 Å². The molecule has 0 radical (unpaired) electrons. The number of hydrogen-bond donors (Lipinski definition) is 3. The maximum atomic E-state index is 12.0. The second-order valence-electron chi connectivity index (χ2n) is 4.11. The topological polar surface area (TPSA) is 106 Å². The number of rotatable bonds is 4. The van der Waals surface area contributed by atoms with Crippen LogP contribution in [0.5, 0.6) is 0 Å². The van der Waals surface area contributed by atoms with Crippen LogP contribution in [0.2, 0.25) is 0 Å². The van der Waals surface area contributed by atoms with Gasteiger partial charge in [-0.1, -0.05) is 11.3 Å². The Morgan fingerprint density at radius 1 is 1.37 bits per heavy atom. The fraction of sp³-hybridized carbons (Fsp3) is 0.273. The molecule has 0 aromatic carbocycles. The molecule has 0 fully saturated rings. The molecule has 2 heterocycles. The van der Waals surface area contributed by atoms with Gasteiger partial charge in [-0.25, -0.2) is 15.0 Å². The number of nitrogens with zero attached hydrogens (tertiary/aromatic N) is 3. The summed E-state index contributed by atoms with van der Waals surface area (Å²) >= 11 is 1.22. The van der Waals surface area contributed by atoms with Crippen molar-refractivity contribution < 1.29 is 4.79 Å². The Morgan fingerprint density at radius 2 is 2.05 bits per heavy atom. The molecule has 0 unspecified atom stereocenters. The molecule has 0 spiro atoms. The highest BCUT2D eigenvalue weighted by Crippen LogP contribution is 2.26. The van der Waals surface area contributed by atoms with Gasteiger partial charge in [0.05, 0.1) is 18.1 Å². The first kappa shape index (κ1) is 13.2. The smallest absolute Gasteiger partial charge is 0.269 e. The van der Waals surface area contributed by atoms with Crippen LogP contribution in [0.15, 0.2) is 18.7 Å². The molecule has 19 heavy (non-hydrogen) atoms. The number of amides is 1. The summed E-state index contributed by atoms with van der Waals surface area (Å²) in [5, 5.41) is 6.40. The van der Waals surface area contributed by atoms with Crippen LogP contribution in [0.4, 0.5) is 16.6 Å². The molecule has 4 N–H and O–H groups in total. The standard InChI is InChI=1S/C11H14N6OS/c1-6(2)15-11-17-9(12)8(19-11)10(18)16-7-3-13-5-14-4-7/h3-6H,12H2,1-2H3,(H,15,17)(H,16,18). The second-order valence-corrected chi connectivity index (χ2v) is 5.11. The fourth-order valence-corrected chi connectivity index (χ4v) is 2.28. The molecular formula is C11H14N6OS. The Hall–Kier alpha value is -2.22. The minimum atomic E-state index is -0.318. The van der Waals surface area contributed by atoms with Gasteiger partial charge >= 0.3 is 0 Å². The van der Waals surface area contributed by atoms with Crippen molar-refractivity contribution >= 4 is 33.9 Å². The summed E-state index contributed by atoms with van der Waals surface area (Å²) in [5.41, 5.74) is 6.25. The van der Waals surface area contributed by atoms with E-state index >= 15 is 0 Å². The minimum absolute atomic E-state index is 0.211. The van der Waals surface area contributed by atoms with Crippen molar-refractivity contribution in [3.8, 4) is 0 Å². The van der Waals surface area contributed by atoms with Gasteiger partial charge in [-0.05, 0) is 13.8 Å². The van der Waals surface area contributed by atoms with Gasteiger partial charge in [0.15, 0.2) is 5.13 Å². The lowest BCUT2D eigenvalue weighted by Gasteiger charge is -2.04. The van der Waals surface area contributed by atoms with E-state index in [1.165, 1.54) is 30.1 Å². The normalized spacial score (nSPS) is 10.5. The highest BCUT2D eigenvalue weighted by Gasteiger charge is 2.16. The summed E-state index contributed by atoms with van der Waals surface area (Å²) in [6.45, 7) is 3.97. The van der Waals surface area contributed by atoms with E-state index in [9.17, 15) is 4.79 Å². The number of nitrogens with one attached hydrogen (secondary N) is 2. The summed E-state index contributed by atoms with van der Waals surface area (Å²) in [7, 11) is 0. The van der Waals surface area contributed by atoms with Gasteiger partial charge in [0.2, 0.25) is 0 Å². The Bertz CT molecular complexity index is 568. The molecule has 2 aromatic heterocycles. The van der Waals surface area contributed by atoms with Crippen LogP contribution in [0, 0.1) is 0 Å². The number of carbonyl (C=O) groups is 1. The van der Waals surface area contributed by atoms with E-state index in [-0.39, 0.29) is 17.8 Å². The van der Waals surface area contributed by atoms with Gasteiger partial charge in [-0.15, -0.1) is 0 Å². The first-order chi connectivity index (χ1) is 9.06. The van der Waals surface area contributed by atoms with Crippen LogP contribution in [0.25, 0.3) is 0 Å². The largest absolute Gasteiger partial charge is 0.382 e. The summed E-state index contributed by atoms with van der Waals surface area (Å²) < 4.78 is 0. The predicted molar refractivity (Wildman–Crippen MR) is 75.3 cm³/mol. The van der Waals surface area contributed by atoms with Crippen molar-refractivity contribution in [2.45, 2.75) is 19.9 Å². The first-order valence-electron chi connectivity index (χ1n) is 5.65. The summed E-state index contributed by atoms with van der Waals surface area (Å²) in [6.07, 6.45) is 4.41. The minimum Gasteiger partial charge on any atom is -0.382 e. The van der Waals surface area contributed by atoms with E-state index in [1.807, 2.05) is 13.8 Å². The Balaban J connectivity index is 2.13. The number of nitrogen functional groups attached to an aromatic ring is 1. The predicted octanol–water partition coefficient (Wildman–Crippen LogP) is 1.59. The average molecular weight is 278 g/mol. The molecule has 0 aliphatic rings. The number of hydrogen-bond acceptors (Lipinski definition) is 7. The van der Waals surface area contributed by atoms with Gasteiger partial charge in [-0.3, -0.25) is 4.79 Å². The molecule has 2 rings (SSSR count). The maximum absolute atomic E-state index is 12.0. The molecule has 0 saturated carbocycles. The van der Waals surface area contributed by atoms with Crippen LogP contribution < -0.4 is 16.4 Å². The third-order valence-corrected chi connectivity index (χ3v) is 3.09. The lowest BCUT2D eigenvalue weighted by atomic mass is 10.4. The van der Waals surface area contributed by atoms with E-state index in [0.717, 1.165) is 0 Å². The maximum Gasteiger partial charge on any atom is 0.269 e. The average Bonchev–Trinajstić information content (AvgIpc) is 2.70. The third kappa shape index (κ3) is 3.38. The van der Waals surface area contributed by atoms with E-state index in [4.69, 9.17) is 5.73 Å². The van der Waals surface area contributed by atoms with Crippen LogP contribution in [0.1, 0.15) is 23.5 Å². The molecule has 7 nitrogen and oxygen atoms in total. The summed E-state index contributed by atoms with van der Waals surface area (Å²) in [4.78, 5) is 24.1. The number of anilines is 3. The highest BCUT2D eigenvalue weighted by atomic mass is 32.1. The van der Waals surface area contributed by atoms with Gasteiger partial charge in [-0.2, -0.15) is 0 Å². The van der Waals surface area contributed by atoms with Crippen molar-refractivity contribution in [3.05, 3.63) is 23.6 Å². The zero-order valence-corrected chi connectivity index (χ0v) is 11.4. The SMILES string of the molecule is CC(C)Nc1nc(N)c(C(=O)Nc2cncnc2)s1. The second kappa shape index (κ2) is 5.61. The van der Waals surface area contributed by atoms with Gasteiger partial charge in [0.1, 0.15) is 17.0 Å². The molecule has 0 saturated heterocycles. The van der Waals surface area contributed by atoms with Crippen LogP contribution in [-0.4, -0.2) is 26.9 Å². The third-order valence-electron chi connectivity index (χ3n) is 2.09. The first-order valence-corrected chi connectivity index (χ1v) is 6.47. The molecule has 0 bridgehead atoms.